The second-order valence-corrected chi connectivity index (χ2v) is 6.07. The molecule has 1 fully saturated rings. The molecular formula is C13H18N2O5S. The minimum absolute atomic E-state index is 0.0850. The number of aliphatic carboxylic acids is 1. The maximum Gasteiger partial charge on any atom is 0.326 e. The Morgan fingerprint density at radius 2 is 2.19 bits per heavy atom. The van der Waals surface area contributed by atoms with Crippen LogP contribution in [-0.4, -0.2) is 56.6 Å². The molecule has 1 amide bonds. The first-order valence-electron chi connectivity index (χ1n) is 6.60. The highest BCUT2D eigenvalue weighted by atomic mass is 32.2. The molecule has 8 heteroatoms. The van der Waals surface area contributed by atoms with Crippen molar-refractivity contribution < 1.29 is 24.3 Å². The van der Waals surface area contributed by atoms with E-state index in [2.05, 4.69) is 5.16 Å². The van der Waals surface area contributed by atoms with Crippen molar-refractivity contribution in [2.75, 3.05) is 12.3 Å². The van der Waals surface area contributed by atoms with Gasteiger partial charge in [0, 0.05) is 24.3 Å². The summed E-state index contributed by atoms with van der Waals surface area (Å²) in [6, 6.07) is -0.924. The number of carbonyl (C=O) groups excluding carboxylic acids is 1. The van der Waals surface area contributed by atoms with Crippen LogP contribution in [0.15, 0.2) is 4.52 Å². The van der Waals surface area contributed by atoms with Gasteiger partial charge in [0.25, 0.3) is 0 Å². The minimum Gasteiger partial charge on any atom is -0.480 e. The maximum atomic E-state index is 12.1. The molecule has 7 nitrogen and oxygen atoms in total. The van der Waals surface area contributed by atoms with E-state index in [0.717, 1.165) is 17.0 Å². The number of hydrogen-bond acceptors (Lipinski definition) is 6. The number of carboxylic acid groups (broad SMARTS) is 1. The molecule has 2 heterocycles. The second kappa shape index (κ2) is 6.48. The highest BCUT2D eigenvalue weighted by molar-refractivity contribution is 7.99. The molecule has 0 bridgehead atoms. The molecule has 116 valence electrons. The normalized spacial score (nSPS) is 21.8. The van der Waals surface area contributed by atoms with E-state index in [4.69, 9.17) is 9.63 Å². The van der Waals surface area contributed by atoms with E-state index in [1.165, 1.54) is 16.7 Å². The zero-order chi connectivity index (χ0) is 15.6. The molecular weight excluding hydrogens is 296 g/mol. The molecule has 1 saturated heterocycles. The van der Waals surface area contributed by atoms with Crippen LogP contribution in [0.5, 0.6) is 0 Å². The van der Waals surface area contributed by atoms with E-state index in [-0.39, 0.29) is 24.6 Å². The van der Waals surface area contributed by atoms with Crippen LogP contribution >= 0.6 is 11.8 Å². The summed E-state index contributed by atoms with van der Waals surface area (Å²) in [5, 5.41) is 22.4. The monoisotopic (exact) mass is 314 g/mol. The van der Waals surface area contributed by atoms with Gasteiger partial charge in [-0.05, 0) is 13.8 Å². The Kier molecular flexibility index (Phi) is 4.89. The molecule has 1 aromatic rings. The fourth-order valence-corrected chi connectivity index (χ4v) is 3.41. The molecule has 1 aromatic heterocycles. The third kappa shape index (κ3) is 3.56. The molecule has 0 aliphatic carbocycles. The van der Waals surface area contributed by atoms with Gasteiger partial charge in [-0.25, -0.2) is 4.79 Å². The molecule has 0 aromatic carbocycles. The van der Waals surface area contributed by atoms with Crippen molar-refractivity contribution in [2.24, 2.45) is 0 Å². The zero-order valence-electron chi connectivity index (χ0n) is 11.9. The number of hydrogen-bond donors (Lipinski definition) is 2. The summed E-state index contributed by atoms with van der Waals surface area (Å²) in [6.07, 6.45) is -0.669. The fourth-order valence-electron chi connectivity index (χ4n) is 2.35. The van der Waals surface area contributed by atoms with Crippen LogP contribution in [0.4, 0.5) is 0 Å². The first-order valence-corrected chi connectivity index (χ1v) is 7.75. The lowest BCUT2D eigenvalue weighted by Crippen LogP contribution is -2.41. The standard InChI is InChI=1S/C13H18N2O5S/c1-7-10(8(2)20-14-7)5-21-6-12(17)15-4-9(16)3-11(15)13(18)19/h9,11,16H,3-6H2,1-2H3,(H,18,19)/t9-,11-/m0/s1. The molecule has 0 saturated carbocycles. The Bertz CT molecular complexity index is 525. The predicted octanol–water partition coefficient (Wildman–Crippen LogP) is 0.571. The number of β-amino-alcohol motifs (C(OH)–C–C–N with tert-alkyl or cyclic N) is 1. The van der Waals surface area contributed by atoms with Gasteiger partial charge >= 0.3 is 5.97 Å². The van der Waals surface area contributed by atoms with Gasteiger partial charge in [-0.1, -0.05) is 5.16 Å². The van der Waals surface area contributed by atoms with E-state index in [1.54, 1.807) is 0 Å². The minimum atomic E-state index is -1.07. The topological polar surface area (TPSA) is 104 Å². The lowest BCUT2D eigenvalue weighted by atomic mass is 10.2. The number of aryl methyl sites for hydroxylation is 2. The van der Waals surface area contributed by atoms with Gasteiger partial charge < -0.3 is 19.6 Å². The van der Waals surface area contributed by atoms with E-state index in [0.29, 0.717) is 5.75 Å². The number of amides is 1. The fraction of sp³-hybridized carbons (Fsp3) is 0.615. The number of nitrogens with zero attached hydrogens (tertiary/aromatic N) is 2. The average molecular weight is 314 g/mol. The Morgan fingerprint density at radius 1 is 1.48 bits per heavy atom. The van der Waals surface area contributed by atoms with Crippen molar-refractivity contribution in [1.29, 1.82) is 0 Å². The van der Waals surface area contributed by atoms with Crippen LogP contribution < -0.4 is 0 Å². The molecule has 0 radical (unpaired) electrons. The Hall–Kier alpha value is -1.54. The number of aromatic nitrogens is 1. The van der Waals surface area contributed by atoms with Crippen molar-refractivity contribution in [3.8, 4) is 0 Å². The Balaban J connectivity index is 1.88. The molecule has 2 rings (SSSR count). The van der Waals surface area contributed by atoms with Gasteiger partial charge in [0.15, 0.2) is 0 Å². The highest BCUT2D eigenvalue weighted by Gasteiger charge is 2.38. The molecule has 0 unspecified atom stereocenters. The average Bonchev–Trinajstić information content (AvgIpc) is 2.95. The smallest absolute Gasteiger partial charge is 0.326 e. The number of aliphatic hydroxyl groups excluding tert-OH is 1. The van der Waals surface area contributed by atoms with Crippen molar-refractivity contribution in [3.05, 3.63) is 17.0 Å². The van der Waals surface area contributed by atoms with Crippen LogP contribution in [-0.2, 0) is 15.3 Å². The molecule has 2 atom stereocenters. The zero-order valence-corrected chi connectivity index (χ0v) is 12.7. The summed E-state index contributed by atoms with van der Waals surface area (Å²) >= 11 is 1.38. The Labute approximate surface area is 126 Å². The SMILES string of the molecule is Cc1noc(C)c1CSCC(=O)N1C[C@@H](O)C[C@H]1C(=O)O. The molecule has 1 aliphatic rings. The van der Waals surface area contributed by atoms with E-state index >= 15 is 0 Å². The van der Waals surface area contributed by atoms with Crippen LogP contribution in [0, 0.1) is 13.8 Å². The summed E-state index contributed by atoms with van der Waals surface area (Å²) in [5.74, 6) is 0.139. The van der Waals surface area contributed by atoms with Crippen molar-refractivity contribution >= 4 is 23.6 Å². The molecule has 21 heavy (non-hydrogen) atoms. The maximum absolute atomic E-state index is 12.1. The van der Waals surface area contributed by atoms with Crippen LogP contribution in [0.3, 0.4) is 0 Å². The van der Waals surface area contributed by atoms with E-state index in [9.17, 15) is 14.7 Å². The summed E-state index contributed by atoms with van der Waals surface area (Å²) in [6.45, 7) is 3.74. The number of carboxylic acids is 1. The van der Waals surface area contributed by atoms with Crippen molar-refractivity contribution in [2.45, 2.75) is 38.2 Å². The first-order chi connectivity index (χ1) is 9.90. The van der Waals surface area contributed by atoms with Gasteiger partial charge in [0.1, 0.15) is 11.8 Å². The predicted molar refractivity (Wildman–Crippen MR) is 75.9 cm³/mol. The van der Waals surface area contributed by atoms with Crippen LogP contribution in [0.25, 0.3) is 0 Å². The Morgan fingerprint density at radius 3 is 2.76 bits per heavy atom. The lowest BCUT2D eigenvalue weighted by Gasteiger charge is -2.20. The second-order valence-electron chi connectivity index (χ2n) is 5.09. The van der Waals surface area contributed by atoms with Crippen molar-refractivity contribution in [1.82, 2.24) is 10.1 Å². The van der Waals surface area contributed by atoms with Crippen molar-refractivity contribution in [3.63, 3.8) is 0 Å². The van der Waals surface area contributed by atoms with Gasteiger partial charge in [-0.3, -0.25) is 4.79 Å². The van der Waals surface area contributed by atoms with E-state index in [1.807, 2.05) is 13.8 Å². The van der Waals surface area contributed by atoms with Gasteiger partial charge in [-0.15, -0.1) is 11.8 Å². The third-order valence-electron chi connectivity index (χ3n) is 3.54. The number of aliphatic hydroxyl groups is 1. The van der Waals surface area contributed by atoms with Crippen LogP contribution in [0.2, 0.25) is 0 Å². The van der Waals surface area contributed by atoms with Crippen LogP contribution in [0.1, 0.15) is 23.4 Å². The van der Waals surface area contributed by atoms with Gasteiger partial charge in [-0.2, -0.15) is 0 Å². The summed E-state index contributed by atoms with van der Waals surface area (Å²) in [5.41, 5.74) is 1.76. The lowest BCUT2D eigenvalue weighted by molar-refractivity contribution is -0.147. The number of likely N-dealkylation sites (tertiary alicyclic amines) is 1. The summed E-state index contributed by atoms with van der Waals surface area (Å²) in [7, 11) is 0. The van der Waals surface area contributed by atoms with Gasteiger partial charge in [0.2, 0.25) is 5.91 Å². The number of carbonyl (C=O) groups is 2. The number of thioether (sulfide) groups is 1. The largest absolute Gasteiger partial charge is 0.480 e. The molecule has 2 N–H and O–H groups in total. The quantitative estimate of drug-likeness (QED) is 0.818. The van der Waals surface area contributed by atoms with E-state index < -0.39 is 18.1 Å². The first kappa shape index (κ1) is 15.8. The summed E-state index contributed by atoms with van der Waals surface area (Å²) < 4.78 is 5.05. The van der Waals surface area contributed by atoms with Gasteiger partial charge in [0.05, 0.1) is 17.6 Å². The molecule has 1 aliphatic heterocycles. The summed E-state index contributed by atoms with van der Waals surface area (Å²) in [4.78, 5) is 24.4. The third-order valence-corrected chi connectivity index (χ3v) is 4.48. The number of rotatable bonds is 5. The molecule has 0 spiro atoms. The highest BCUT2D eigenvalue weighted by Crippen LogP contribution is 2.22.